The molecule has 1 N–H and O–H groups in total. The number of ether oxygens (including phenoxy) is 1. The lowest BCUT2D eigenvalue weighted by atomic mass is 9.86. The predicted molar refractivity (Wildman–Crippen MR) is 87.0 cm³/mol. The molecule has 0 bridgehead atoms. The van der Waals surface area contributed by atoms with E-state index in [0.29, 0.717) is 6.42 Å². The smallest absolute Gasteiger partial charge is 0.225 e. The Labute approximate surface area is 136 Å². The van der Waals surface area contributed by atoms with Crippen LogP contribution in [0, 0.1) is 0 Å². The lowest BCUT2D eigenvalue weighted by Crippen LogP contribution is -2.59. The monoisotopic (exact) mass is 323 g/mol. The average Bonchev–Trinajstić information content (AvgIpc) is 3.08. The highest BCUT2D eigenvalue weighted by atomic mass is 32.1. The molecule has 0 aromatic carbocycles. The quantitative estimate of drug-likeness (QED) is 0.898. The van der Waals surface area contributed by atoms with Crippen LogP contribution in [-0.2, 0) is 16.0 Å². The molecule has 2 saturated heterocycles. The molecular weight excluding hydrogens is 298 g/mol. The highest BCUT2D eigenvalue weighted by Crippen LogP contribution is 2.30. The Morgan fingerprint density at radius 2 is 2.09 bits per heavy atom. The molecule has 2 fully saturated rings. The van der Waals surface area contributed by atoms with Gasteiger partial charge in [-0.25, -0.2) is 0 Å². The largest absolute Gasteiger partial charge is 0.381 e. The second-order valence-corrected chi connectivity index (χ2v) is 7.28. The number of nitrogens with one attached hydrogen (secondary N) is 1. The van der Waals surface area contributed by atoms with Crippen LogP contribution in [0.1, 0.15) is 37.0 Å². The molecule has 3 rings (SSSR count). The average molecular weight is 323 g/mol. The number of hydrogen-bond donors (Lipinski definition) is 1. The molecule has 1 aromatic rings. The van der Waals surface area contributed by atoms with Crippen LogP contribution in [0.5, 0.6) is 0 Å². The van der Waals surface area contributed by atoms with Gasteiger partial charge in [0.1, 0.15) is 0 Å². The fraction of sp³-hybridized carbons (Fsp3) is 0.750. The maximum absolute atomic E-state index is 12.2. The number of aromatic nitrogens is 1. The molecule has 0 unspecified atom stereocenters. The molecule has 2 aliphatic heterocycles. The van der Waals surface area contributed by atoms with E-state index in [9.17, 15) is 4.79 Å². The van der Waals surface area contributed by atoms with E-state index >= 15 is 0 Å². The number of thiazole rings is 1. The summed E-state index contributed by atoms with van der Waals surface area (Å²) in [5.41, 5.74) is 1.87. The van der Waals surface area contributed by atoms with Gasteiger partial charge in [-0.05, 0) is 38.8 Å². The van der Waals surface area contributed by atoms with Crippen LogP contribution in [0.4, 0.5) is 0 Å². The van der Waals surface area contributed by atoms with Gasteiger partial charge in [-0.2, -0.15) is 0 Å². The fourth-order valence-corrected chi connectivity index (χ4v) is 4.13. The van der Waals surface area contributed by atoms with Gasteiger partial charge in [-0.3, -0.25) is 14.7 Å². The predicted octanol–water partition coefficient (Wildman–Crippen LogP) is 1.84. The first-order valence-corrected chi connectivity index (χ1v) is 9.13. The Morgan fingerprint density at radius 3 is 2.77 bits per heavy atom. The van der Waals surface area contributed by atoms with Crippen LogP contribution < -0.4 is 5.32 Å². The van der Waals surface area contributed by atoms with Crippen molar-refractivity contribution < 1.29 is 9.53 Å². The minimum absolute atomic E-state index is 0.0992. The Kier molecular flexibility index (Phi) is 5.44. The van der Waals surface area contributed by atoms with Crippen molar-refractivity contribution in [1.29, 1.82) is 0 Å². The summed E-state index contributed by atoms with van der Waals surface area (Å²) < 4.78 is 5.56. The molecule has 0 spiro atoms. The van der Waals surface area contributed by atoms with Crippen molar-refractivity contribution in [3.05, 3.63) is 16.6 Å². The molecular formula is C16H25N3O2S. The molecule has 0 radical (unpaired) electrons. The molecule has 1 amide bonds. The van der Waals surface area contributed by atoms with Crippen LogP contribution in [0.25, 0.3) is 0 Å². The minimum atomic E-state index is 0.0992. The number of rotatable bonds is 5. The van der Waals surface area contributed by atoms with Gasteiger partial charge in [0.2, 0.25) is 5.91 Å². The van der Waals surface area contributed by atoms with Gasteiger partial charge in [0.15, 0.2) is 0 Å². The summed E-state index contributed by atoms with van der Waals surface area (Å²) >= 11 is 1.54. The van der Waals surface area contributed by atoms with E-state index in [2.05, 4.69) is 15.2 Å². The van der Waals surface area contributed by atoms with E-state index in [0.717, 1.165) is 50.6 Å². The zero-order valence-electron chi connectivity index (χ0n) is 13.1. The van der Waals surface area contributed by atoms with Gasteiger partial charge >= 0.3 is 0 Å². The zero-order valence-corrected chi connectivity index (χ0v) is 13.9. The molecule has 3 heterocycles. The highest BCUT2D eigenvalue weighted by Gasteiger charge is 2.39. The Bertz CT molecular complexity index is 466. The van der Waals surface area contributed by atoms with Gasteiger partial charge in [0, 0.05) is 36.4 Å². The van der Waals surface area contributed by atoms with Crippen LogP contribution >= 0.6 is 11.3 Å². The van der Waals surface area contributed by atoms with E-state index in [1.807, 2.05) is 0 Å². The van der Waals surface area contributed by atoms with Gasteiger partial charge in [0.25, 0.3) is 0 Å². The topological polar surface area (TPSA) is 54.5 Å². The number of carbonyl (C=O) groups excluding carboxylic acids is 1. The first kappa shape index (κ1) is 15.9. The lowest BCUT2D eigenvalue weighted by molar-refractivity contribution is -0.122. The number of likely N-dealkylation sites (tertiary alicyclic amines) is 1. The summed E-state index contributed by atoms with van der Waals surface area (Å²) in [7, 11) is 0. The van der Waals surface area contributed by atoms with E-state index in [4.69, 9.17) is 4.74 Å². The third-order valence-corrected chi connectivity index (χ3v) is 5.66. The van der Waals surface area contributed by atoms with Crippen molar-refractivity contribution in [2.75, 3.05) is 32.8 Å². The molecule has 1 aromatic heterocycles. The van der Waals surface area contributed by atoms with Crippen LogP contribution in [-0.4, -0.2) is 54.2 Å². The summed E-state index contributed by atoms with van der Waals surface area (Å²) in [6, 6.07) is 0. The molecule has 22 heavy (non-hydrogen) atoms. The fourth-order valence-electron chi connectivity index (χ4n) is 3.54. The van der Waals surface area contributed by atoms with E-state index < -0.39 is 0 Å². The Balaban J connectivity index is 1.58. The van der Waals surface area contributed by atoms with Gasteiger partial charge in [-0.15, -0.1) is 11.3 Å². The number of amides is 1. The van der Waals surface area contributed by atoms with Gasteiger partial charge in [-0.1, -0.05) is 6.42 Å². The molecule has 0 aliphatic carbocycles. The van der Waals surface area contributed by atoms with Crippen LogP contribution in [0.2, 0.25) is 0 Å². The molecule has 6 heteroatoms. The van der Waals surface area contributed by atoms with E-state index in [-0.39, 0.29) is 11.4 Å². The van der Waals surface area contributed by atoms with Crippen molar-refractivity contribution in [2.24, 2.45) is 0 Å². The molecule has 122 valence electrons. The van der Waals surface area contributed by atoms with Gasteiger partial charge < -0.3 is 10.1 Å². The van der Waals surface area contributed by atoms with Crippen LogP contribution in [0.15, 0.2) is 11.7 Å². The third-order valence-electron chi connectivity index (χ3n) is 4.88. The SMILES string of the molecule is O=C(Cc1cncs1)NCC1(N2CCCCC2)CCOCC1. The Hall–Kier alpha value is -0.980. The highest BCUT2D eigenvalue weighted by molar-refractivity contribution is 7.09. The molecule has 0 saturated carbocycles. The second-order valence-electron chi connectivity index (χ2n) is 6.31. The maximum Gasteiger partial charge on any atom is 0.225 e. The van der Waals surface area contributed by atoms with Crippen molar-refractivity contribution in [3.8, 4) is 0 Å². The van der Waals surface area contributed by atoms with Crippen molar-refractivity contribution in [1.82, 2.24) is 15.2 Å². The number of nitrogens with zero attached hydrogens (tertiary/aromatic N) is 2. The van der Waals surface area contributed by atoms with E-state index in [1.54, 1.807) is 11.7 Å². The lowest BCUT2D eigenvalue weighted by Gasteiger charge is -2.48. The van der Waals surface area contributed by atoms with Gasteiger partial charge in [0.05, 0.1) is 11.9 Å². The van der Waals surface area contributed by atoms with E-state index in [1.165, 1.54) is 30.6 Å². The first-order chi connectivity index (χ1) is 10.8. The molecule has 0 atom stereocenters. The zero-order chi connectivity index (χ0) is 15.3. The summed E-state index contributed by atoms with van der Waals surface area (Å²) in [6.07, 6.45) is 8.15. The number of piperidine rings is 1. The third kappa shape index (κ3) is 3.86. The summed E-state index contributed by atoms with van der Waals surface area (Å²) in [5, 5.41) is 3.17. The van der Waals surface area contributed by atoms with Crippen LogP contribution in [0.3, 0.4) is 0 Å². The summed E-state index contributed by atoms with van der Waals surface area (Å²) in [5.74, 6) is 0.104. The Morgan fingerprint density at radius 1 is 1.32 bits per heavy atom. The maximum atomic E-state index is 12.2. The summed E-state index contributed by atoms with van der Waals surface area (Å²) in [6.45, 7) is 4.67. The summed E-state index contributed by atoms with van der Waals surface area (Å²) in [4.78, 5) is 19.8. The second kappa shape index (κ2) is 7.53. The molecule has 2 aliphatic rings. The van der Waals surface area contributed by atoms with Crippen molar-refractivity contribution in [2.45, 2.75) is 44.1 Å². The minimum Gasteiger partial charge on any atom is -0.381 e. The number of hydrogen-bond acceptors (Lipinski definition) is 5. The normalized spacial score (nSPS) is 22.4. The van der Waals surface area contributed by atoms with Crippen molar-refractivity contribution in [3.63, 3.8) is 0 Å². The number of carbonyl (C=O) groups is 1. The van der Waals surface area contributed by atoms with Crippen molar-refractivity contribution >= 4 is 17.2 Å². The molecule has 5 nitrogen and oxygen atoms in total. The first-order valence-electron chi connectivity index (χ1n) is 8.25. The standard InChI is InChI=1S/C16H25N3O2S/c20-15(10-14-11-17-13-22-14)18-12-16(4-8-21-9-5-16)19-6-2-1-3-7-19/h11,13H,1-10,12H2,(H,18,20).